The van der Waals surface area contributed by atoms with Crippen LogP contribution in [-0.2, 0) is 6.42 Å². The van der Waals surface area contributed by atoms with Gasteiger partial charge in [-0.05, 0) is 18.6 Å². The predicted octanol–water partition coefficient (Wildman–Crippen LogP) is 1.84. The molecule has 19 heavy (non-hydrogen) atoms. The first-order valence-corrected chi connectivity index (χ1v) is 5.65. The topological polar surface area (TPSA) is 83.0 Å². The van der Waals surface area contributed by atoms with Gasteiger partial charge in [-0.3, -0.25) is 0 Å². The Labute approximate surface area is 107 Å². The molecule has 0 fully saturated rings. The first-order valence-electron chi connectivity index (χ1n) is 5.65. The summed E-state index contributed by atoms with van der Waals surface area (Å²) in [6.45, 7) is 1.72. The number of aromatic carboxylic acids is 1. The number of aromatic amines is 1. The average molecular weight is 262 g/mol. The lowest BCUT2D eigenvalue weighted by atomic mass is 10.0. The molecule has 0 saturated carbocycles. The first-order chi connectivity index (χ1) is 9.02. The zero-order valence-corrected chi connectivity index (χ0v) is 10.1. The van der Waals surface area contributed by atoms with Crippen molar-refractivity contribution < 1.29 is 14.3 Å². The highest BCUT2D eigenvalue weighted by Gasteiger charge is 2.19. The number of H-pyrrole nitrogens is 1. The highest BCUT2D eigenvalue weighted by atomic mass is 19.1. The van der Waals surface area contributed by atoms with Crippen molar-refractivity contribution in [1.29, 1.82) is 0 Å². The van der Waals surface area contributed by atoms with Crippen molar-refractivity contribution in [3.05, 3.63) is 51.8 Å². The molecule has 0 atom stereocenters. The Bertz CT molecular complexity index is 695. The van der Waals surface area contributed by atoms with E-state index in [1.807, 2.05) is 0 Å². The minimum absolute atomic E-state index is 0.0207. The zero-order chi connectivity index (χ0) is 14.0. The second kappa shape index (κ2) is 5.01. The normalized spacial score (nSPS) is 10.4. The second-order valence-corrected chi connectivity index (χ2v) is 3.91. The quantitative estimate of drug-likeness (QED) is 0.884. The zero-order valence-electron chi connectivity index (χ0n) is 10.1. The van der Waals surface area contributed by atoms with Gasteiger partial charge in [-0.2, -0.15) is 4.98 Å². The summed E-state index contributed by atoms with van der Waals surface area (Å²) in [6.07, 6.45) is 0.335. The number of hydrogen-bond acceptors (Lipinski definition) is 3. The number of carboxylic acids is 1. The molecule has 0 aliphatic heterocycles. The molecular formula is C13H11FN2O3. The SMILES string of the molecule is CCc1[nH]c(=O)nc(-c2cccc(F)c2)c1C(=O)O. The molecule has 1 aromatic carbocycles. The Morgan fingerprint density at radius 2 is 2.21 bits per heavy atom. The number of benzene rings is 1. The third-order valence-electron chi connectivity index (χ3n) is 2.68. The van der Waals surface area contributed by atoms with Gasteiger partial charge in [0.15, 0.2) is 0 Å². The number of halogens is 1. The molecule has 0 amide bonds. The van der Waals surface area contributed by atoms with Gasteiger partial charge in [0.05, 0.1) is 5.69 Å². The molecule has 2 aromatic rings. The standard InChI is InChI=1S/C13H11FN2O3/c1-2-9-10(12(17)18)11(16-13(19)15-9)7-4-3-5-8(14)6-7/h3-6H,2H2,1H3,(H,17,18)(H,15,16,19). The first kappa shape index (κ1) is 12.9. The Balaban J connectivity index is 2.78. The molecule has 0 saturated heterocycles. The summed E-state index contributed by atoms with van der Waals surface area (Å²) < 4.78 is 13.2. The van der Waals surface area contributed by atoms with Crippen LogP contribution in [0.1, 0.15) is 23.0 Å². The van der Waals surface area contributed by atoms with Crippen LogP contribution >= 0.6 is 0 Å². The average Bonchev–Trinajstić information content (AvgIpc) is 2.37. The molecule has 1 heterocycles. The van der Waals surface area contributed by atoms with Gasteiger partial charge in [-0.25, -0.2) is 14.0 Å². The summed E-state index contributed by atoms with van der Waals surface area (Å²) in [5.41, 5.74) is -0.244. The summed E-state index contributed by atoms with van der Waals surface area (Å²) in [4.78, 5) is 28.8. The van der Waals surface area contributed by atoms with Gasteiger partial charge in [0.25, 0.3) is 0 Å². The highest BCUT2D eigenvalue weighted by molar-refractivity contribution is 5.95. The number of aryl methyl sites for hydroxylation is 1. The number of hydrogen-bond donors (Lipinski definition) is 2. The lowest BCUT2D eigenvalue weighted by molar-refractivity contribution is 0.0695. The highest BCUT2D eigenvalue weighted by Crippen LogP contribution is 2.23. The minimum Gasteiger partial charge on any atom is -0.478 e. The van der Waals surface area contributed by atoms with E-state index >= 15 is 0 Å². The molecule has 2 N–H and O–H groups in total. The summed E-state index contributed by atoms with van der Waals surface area (Å²) in [7, 11) is 0. The van der Waals surface area contributed by atoms with Crippen LogP contribution in [0.25, 0.3) is 11.3 Å². The van der Waals surface area contributed by atoms with Crippen molar-refractivity contribution >= 4 is 5.97 Å². The molecular weight excluding hydrogens is 251 g/mol. The van der Waals surface area contributed by atoms with Gasteiger partial charge < -0.3 is 10.1 Å². The maximum absolute atomic E-state index is 13.2. The van der Waals surface area contributed by atoms with Crippen molar-refractivity contribution in [1.82, 2.24) is 9.97 Å². The van der Waals surface area contributed by atoms with E-state index < -0.39 is 17.5 Å². The second-order valence-electron chi connectivity index (χ2n) is 3.91. The molecule has 0 radical (unpaired) electrons. The fraction of sp³-hybridized carbons (Fsp3) is 0.154. The minimum atomic E-state index is -1.21. The van der Waals surface area contributed by atoms with Crippen molar-refractivity contribution in [2.45, 2.75) is 13.3 Å². The molecule has 0 bridgehead atoms. The Hall–Kier alpha value is -2.50. The number of carboxylic acid groups (broad SMARTS) is 1. The predicted molar refractivity (Wildman–Crippen MR) is 66.6 cm³/mol. The number of nitrogens with one attached hydrogen (secondary N) is 1. The molecule has 1 aromatic heterocycles. The summed E-state index contributed by atoms with van der Waals surface area (Å²) in [5.74, 6) is -1.73. The van der Waals surface area contributed by atoms with E-state index in [-0.39, 0.29) is 22.5 Å². The van der Waals surface area contributed by atoms with Crippen LogP contribution in [0, 0.1) is 5.82 Å². The van der Waals surface area contributed by atoms with E-state index in [0.717, 1.165) is 6.07 Å². The molecule has 0 spiro atoms. The van der Waals surface area contributed by atoms with Gasteiger partial charge in [-0.15, -0.1) is 0 Å². The van der Waals surface area contributed by atoms with Gasteiger partial charge in [0.2, 0.25) is 0 Å². The molecule has 6 heteroatoms. The van der Waals surface area contributed by atoms with Gasteiger partial charge >= 0.3 is 11.7 Å². The Kier molecular flexibility index (Phi) is 3.41. The van der Waals surface area contributed by atoms with Crippen molar-refractivity contribution in [2.75, 3.05) is 0 Å². The van der Waals surface area contributed by atoms with Gasteiger partial charge in [-0.1, -0.05) is 19.1 Å². The third-order valence-corrected chi connectivity index (χ3v) is 2.68. The van der Waals surface area contributed by atoms with Crippen molar-refractivity contribution in [3.8, 4) is 11.3 Å². The van der Waals surface area contributed by atoms with E-state index in [1.54, 1.807) is 6.92 Å². The van der Waals surface area contributed by atoms with Crippen LogP contribution < -0.4 is 5.69 Å². The fourth-order valence-electron chi connectivity index (χ4n) is 1.86. The van der Waals surface area contributed by atoms with E-state index in [1.165, 1.54) is 18.2 Å². The van der Waals surface area contributed by atoms with Gasteiger partial charge in [0.1, 0.15) is 11.4 Å². The van der Waals surface area contributed by atoms with Crippen LogP contribution in [0.15, 0.2) is 29.1 Å². The van der Waals surface area contributed by atoms with Crippen LogP contribution in [0.5, 0.6) is 0 Å². The van der Waals surface area contributed by atoms with Crippen molar-refractivity contribution in [2.24, 2.45) is 0 Å². The fourth-order valence-corrected chi connectivity index (χ4v) is 1.86. The molecule has 2 rings (SSSR count). The van der Waals surface area contributed by atoms with E-state index in [0.29, 0.717) is 6.42 Å². The number of rotatable bonds is 3. The number of nitrogens with zero attached hydrogens (tertiary/aromatic N) is 1. The summed E-state index contributed by atoms with van der Waals surface area (Å²) in [5, 5.41) is 9.24. The van der Waals surface area contributed by atoms with Crippen LogP contribution in [0.2, 0.25) is 0 Å². The smallest absolute Gasteiger partial charge is 0.345 e. The largest absolute Gasteiger partial charge is 0.478 e. The monoisotopic (exact) mass is 262 g/mol. The van der Waals surface area contributed by atoms with Crippen LogP contribution in [0.3, 0.4) is 0 Å². The maximum Gasteiger partial charge on any atom is 0.345 e. The molecule has 0 unspecified atom stereocenters. The summed E-state index contributed by atoms with van der Waals surface area (Å²) in [6, 6.07) is 5.33. The van der Waals surface area contributed by atoms with Crippen LogP contribution in [0.4, 0.5) is 4.39 Å². The maximum atomic E-state index is 13.2. The summed E-state index contributed by atoms with van der Waals surface area (Å²) >= 11 is 0. The Morgan fingerprint density at radius 3 is 2.79 bits per heavy atom. The Morgan fingerprint density at radius 1 is 1.47 bits per heavy atom. The molecule has 0 aliphatic rings. The lowest BCUT2D eigenvalue weighted by Crippen LogP contribution is -2.19. The van der Waals surface area contributed by atoms with Crippen LogP contribution in [-0.4, -0.2) is 21.0 Å². The molecule has 98 valence electrons. The molecule has 0 aliphatic carbocycles. The van der Waals surface area contributed by atoms with E-state index in [4.69, 9.17) is 0 Å². The van der Waals surface area contributed by atoms with E-state index in [2.05, 4.69) is 9.97 Å². The third kappa shape index (κ3) is 2.52. The van der Waals surface area contributed by atoms with E-state index in [9.17, 15) is 19.1 Å². The molecule has 5 nitrogen and oxygen atoms in total. The number of aromatic nitrogens is 2. The number of carbonyl (C=O) groups is 1. The van der Waals surface area contributed by atoms with Gasteiger partial charge in [0, 0.05) is 11.3 Å². The lowest BCUT2D eigenvalue weighted by Gasteiger charge is -2.09. The van der Waals surface area contributed by atoms with Crippen molar-refractivity contribution in [3.63, 3.8) is 0 Å².